The van der Waals surface area contributed by atoms with E-state index in [2.05, 4.69) is 15.3 Å². The van der Waals surface area contributed by atoms with Gasteiger partial charge in [0.05, 0.1) is 29.2 Å². The molecule has 2 aliphatic heterocycles. The summed E-state index contributed by atoms with van der Waals surface area (Å²) < 4.78 is 1.21. The molecule has 2 fully saturated rings. The standard InChI is InChI=1S/C22H30N6O3/c1-16-9-10-19(29)28(25-16)15-20(30)27-13-7-4-8-18(27)21-17(14-23-24-21)22(31)26-11-5-2-3-6-12-26/h9-10,14,18H,2-8,11-13,15H2,1H3,(H,23,24)/t18-/m0/s1. The summed E-state index contributed by atoms with van der Waals surface area (Å²) in [4.78, 5) is 42.2. The molecule has 0 aliphatic carbocycles. The van der Waals surface area contributed by atoms with E-state index in [-0.39, 0.29) is 30.0 Å². The van der Waals surface area contributed by atoms with Gasteiger partial charge in [-0.1, -0.05) is 12.8 Å². The zero-order valence-corrected chi connectivity index (χ0v) is 18.0. The highest BCUT2D eigenvalue weighted by Gasteiger charge is 2.33. The number of H-pyrrole nitrogens is 1. The molecule has 166 valence electrons. The fourth-order valence-electron chi connectivity index (χ4n) is 4.58. The van der Waals surface area contributed by atoms with Gasteiger partial charge in [-0.2, -0.15) is 10.2 Å². The molecule has 2 aromatic rings. The fraction of sp³-hybridized carbons (Fsp3) is 0.591. The average molecular weight is 427 g/mol. The van der Waals surface area contributed by atoms with Crippen LogP contribution in [0.2, 0.25) is 0 Å². The van der Waals surface area contributed by atoms with Gasteiger partial charge in [-0.25, -0.2) is 4.68 Å². The van der Waals surface area contributed by atoms with Gasteiger partial charge in [-0.3, -0.25) is 19.5 Å². The maximum Gasteiger partial charge on any atom is 0.267 e. The van der Waals surface area contributed by atoms with E-state index in [1.54, 1.807) is 24.1 Å². The third-order valence-electron chi connectivity index (χ3n) is 6.23. The minimum atomic E-state index is -0.300. The lowest BCUT2D eigenvalue weighted by molar-refractivity contribution is -0.136. The molecule has 0 unspecified atom stereocenters. The lowest BCUT2D eigenvalue weighted by Gasteiger charge is -2.36. The normalized spacial score (nSPS) is 19.8. The van der Waals surface area contributed by atoms with E-state index >= 15 is 0 Å². The zero-order chi connectivity index (χ0) is 21.8. The number of aryl methyl sites for hydroxylation is 1. The first-order valence-electron chi connectivity index (χ1n) is 11.2. The molecule has 2 aliphatic rings. The van der Waals surface area contributed by atoms with Crippen LogP contribution in [0.4, 0.5) is 0 Å². The number of rotatable bonds is 4. The SMILES string of the molecule is Cc1ccc(=O)n(CC(=O)N2CCCC[C@H]2c2[nH]ncc2C(=O)N2CCCCCC2)n1. The number of hydrogen-bond acceptors (Lipinski definition) is 5. The Kier molecular flexibility index (Phi) is 6.48. The summed E-state index contributed by atoms with van der Waals surface area (Å²) in [5.74, 6) is -0.187. The minimum absolute atomic E-state index is 0.0137. The van der Waals surface area contributed by atoms with Crippen molar-refractivity contribution in [2.75, 3.05) is 19.6 Å². The number of hydrogen-bond donors (Lipinski definition) is 1. The second-order valence-electron chi connectivity index (χ2n) is 8.47. The molecule has 9 heteroatoms. The van der Waals surface area contributed by atoms with Gasteiger partial charge in [-0.15, -0.1) is 0 Å². The molecule has 0 radical (unpaired) electrons. The first-order chi connectivity index (χ1) is 15.0. The Morgan fingerprint density at radius 2 is 1.81 bits per heavy atom. The number of nitrogens with zero attached hydrogens (tertiary/aromatic N) is 5. The molecule has 9 nitrogen and oxygen atoms in total. The van der Waals surface area contributed by atoms with Crippen LogP contribution in [0.25, 0.3) is 0 Å². The Morgan fingerprint density at radius 3 is 2.58 bits per heavy atom. The van der Waals surface area contributed by atoms with E-state index in [9.17, 15) is 14.4 Å². The van der Waals surface area contributed by atoms with Crippen molar-refractivity contribution in [1.82, 2.24) is 29.8 Å². The molecule has 4 rings (SSSR count). The zero-order valence-electron chi connectivity index (χ0n) is 18.0. The number of carbonyl (C=O) groups excluding carboxylic acids is 2. The summed E-state index contributed by atoms with van der Waals surface area (Å²) >= 11 is 0. The van der Waals surface area contributed by atoms with E-state index < -0.39 is 0 Å². The van der Waals surface area contributed by atoms with Crippen LogP contribution in [0, 0.1) is 6.92 Å². The summed E-state index contributed by atoms with van der Waals surface area (Å²) in [6.07, 6.45) is 8.54. The monoisotopic (exact) mass is 426 g/mol. The van der Waals surface area contributed by atoms with Crippen LogP contribution in [-0.2, 0) is 11.3 Å². The average Bonchev–Trinajstić information content (AvgIpc) is 3.10. The Bertz CT molecular complexity index is 989. The van der Waals surface area contributed by atoms with Crippen molar-refractivity contribution >= 4 is 11.8 Å². The number of nitrogens with one attached hydrogen (secondary N) is 1. The third kappa shape index (κ3) is 4.70. The van der Waals surface area contributed by atoms with Crippen LogP contribution in [0.15, 0.2) is 23.1 Å². The van der Waals surface area contributed by atoms with E-state index in [0.29, 0.717) is 23.5 Å². The molecule has 2 saturated heterocycles. The van der Waals surface area contributed by atoms with Crippen molar-refractivity contribution in [3.05, 3.63) is 45.6 Å². The highest BCUT2D eigenvalue weighted by molar-refractivity contribution is 5.95. The first-order valence-corrected chi connectivity index (χ1v) is 11.2. The topological polar surface area (TPSA) is 104 Å². The molecular formula is C22H30N6O3. The van der Waals surface area contributed by atoms with Crippen molar-refractivity contribution in [3.8, 4) is 0 Å². The molecule has 0 saturated carbocycles. The van der Waals surface area contributed by atoms with Crippen molar-refractivity contribution in [2.45, 2.75) is 64.5 Å². The number of aromatic amines is 1. The lowest BCUT2D eigenvalue weighted by Crippen LogP contribution is -2.43. The van der Waals surface area contributed by atoms with E-state index in [1.165, 1.54) is 10.7 Å². The largest absolute Gasteiger partial charge is 0.339 e. The summed E-state index contributed by atoms with van der Waals surface area (Å²) in [5.41, 5.74) is 1.64. The third-order valence-corrected chi connectivity index (χ3v) is 6.23. The Labute approximate surface area is 181 Å². The summed E-state index contributed by atoms with van der Waals surface area (Å²) in [5, 5.41) is 11.4. The molecule has 31 heavy (non-hydrogen) atoms. The van der Waals surface area contributed by atoms with Crippen LogP contribution in [-0.4, -0.2) is 61.2 Å². The van der Waals surface area contributed by atoms with E-state index in [1.807, 2.05) is 4.90 Å². The van der Waals surface area contributed by atoms with Crippen LogP contribution in [0.1, 0.15) is 72.7 Å². The van der Waals surface area contributed by atoms with Gasteiger partial charge in [0.15, 0.2) is 0 Å². The van der Waals surface area contributed by atoms with Crippen LogP contribution in [0.3, 0.4) is 0 Å². The summed E-state index contributed by atoms with van der Waals surface area (Å²) in [6.45, 7) is 3.79. The second kappa shape index (κ2) is 9.45. The molecule has 1 atom stereocenters. The molecule has 0 bridgehead atoms. The highest BCUT2D eigenvalue weighted by Crippen LogP contribution is 2.32. The van der Waals surface area contributed by atoms with Crippen molar-refractivity contribution < 1.29 is 9.59 Å². The maximum atomic E-state index is 13.2. The maximum absolute atomic E-state index is 13.2. The summed E-state index contributed by atoms with van der Waals surface area (Å²) in [6, 6.07) is 2.81. The number of carbonyl (C=O) groups is 2. The number of aromatic nitrogens is 4. The number of piperidine rings is 1. The van der Waals surface area contributed by atoms with E-state index in [4.69, 9.17) is 0 Å². The molecule has 0 spiro atoms. The smallest absolute Gasteiger partial charge is 0.267 e. The molecule has 4 heterocycles. The Morgan fingerprint density at radius 1 is 1.06 bits per heavy atom. The number of likely N-dealkylation sites (tertiary alicyclic amines) is 2. The predicted molar refractivity (Wildman–Crippen MR) is 114 cm³/mol. The second-order valence-corrected chi connectivity index (χ2v) is 8.47. The lowest BCUT2D eigenvalue weighted by atomic mass is 9.96. The molecular weight excluding hydrogens is 396 g/mol. The summed E-state index contributed by atoms with van der Waals surface area (Å²) in [7, 11) is 0. The van der Waals surface area contributed by atoms with E-state index in [0.717, 1.165) is 58.0 Å². The quantitative estimate of drug-likeness (QED) is 0.806. The van der Waals surface area contributed by atoms with Gasteiger partial charge >= 0.3 is 0 Å². The first kappa shape index (κ1) is 21.3. The molecule has 1 N–H and O–H groups in total. The van der Waals surface area contributed by atoms with Crippen molar-refractivity contribution in [2.24, 2.45) is 0 Å². The Balaban J connectivity index is 1.56. The van der Waals surface area contributed by atoms with Crippen molar-refractivity contribution in [3.63, 3.8) is 0 Å². The van der Waals surface area contributed by atoms with Gasteiger partial charge in [0, 0.05) is 25.7 Å². The van der Waals surface area contributed by atoms with Crippen LogP contribution < -0.4 is 5.56 Å². The molecule has 2 aromatic heterocycles. The van der Waals surface area contributed by atoms with Crippen LogP contribution in [0.5, 0.6) is 0 Å². The van der Waals surface area contributed by atoms with Gasteiger partial charge in [0.2, 0.25) is 5.91 Å². The van der Waals surface area contributed by atoms with Gasteiger partial charge in [0.25, 0.3) is 11.5 Å². The molecule has 2 amide bonds. The van der Waals surface area contributed by atoms with Crippen molar-refractivity contribution in [1.29, 1.82) is 0 Å². The molecule has 0 aromatic carbocycles. The minimum Gasteiger partial charge on any atom is -0.339 e. The van der Waals surface area contributed by atoms with Crippen LogP contribution >= 0.6 is 0 Å². The number of amides is 2. The fourth-order valence-corrected chi connectivity index (χ4v) is 4.58. The highest BCUT2D eigenvalue weighted by atomic mass is 16.2. The van der Waals surface area contributed by atoms with Gasteiger partial charge < -0.3 is 9.80 Å². The predicted octanol–water partition coefficient (Wildman–Crippen LogP) is 2.04. The van der Waals surface area contributed by atoms with Gasteiger partial charge in [-0.05, 0) is 45.1 Å². The van der Waals surface area contributed by atoms with Gasteiger partial charge in [0.1, 0.15) is 6.54 Å². The Hall–Kier alpha value is -2.97.